The molecule has 3 aliphatic rings. The Hall–Kier alpha value is -5.26. The quantitative estimate of drug-likeness (QED) is 0.0189. The van der Waals surface area contributed by atoms with E-state index in [9.17, 15) is 30.6 Å². The topological polar surface area (TPSA) is 422 Å². The number of amides is 3. The minimum atomic E-state index is -5.40. The van der Waals surface area contributed by atoms with Gasteiger partial charge in [0.05, 0.1) is 73.3 Å². The molecule has 0 bridgehead atoms. The molecule has 0 radical (unpaired) electrons. The van der Waals surface area contributed by atoms with Gasteiger partial charge in [0.25, 0.3) is 17.7 Å². The number of methoxy groups -OCH3 is 3. The second kappa shape index (κ2) is 36.0. The summed E-state index contributed by atoms with van der Waals surface area (Å²) in [6.07, 6.45) is -4.66. The molecule has 650 valence electrons. The van der Waals surface area contributed by atoms with Gasteiger partial charge in [-0.2, -0.15) is 0 Å². The molecule has 9 heterocycles. The number of nitrogens with zero attached hydrogens (tertiary/aromatic N) is 15. The smallest absolute Gasteiger partial charge is 0.393 e. The van der Waals surface area contributed by atoms with Gasteiger partial charge in [-0.05, 0) is 51.8 Å². The van der Waals surface area contributed by atoms with Crippen molar-refractivity contribution in [3.05, 3.63) is 65.0 Å². The Morgan fingerprint density at radius 2 is 0.647 bits per heavy atom. The summed E-state index contributed by atoms with van der Waals surface area (Å²) in [5, 5.41) is 96.5. The zero-order chi connectivity index (χ0) is 86.5. The lowest BCUT2D eigenvalue weighted by Gasteiger charge is -2.50. The maximum atomic E-state index is 16.9. The van der Waals surface area contributed by atoms with Crippen molar-refractivity contribution < 1.29 is 77.4 Å². The molecule has 0 aromatic carbocycles. The van der Waals surface area contributed by atoms with Crippen LogP contribution in [-0.4, -0.2) is 224 Å². The number of anilines is 3. The molecule has 9 N–H and O–H groups in total. The van der Waals surface area contributed by atoms with E-state index in [0.29, 0.717) is 71.4 Å². The highest BCUT2D eigenvalue weighted by atomic mass is 35.5. The summed E-state index contributed by atoms with van der Waals surface area (Å²) in [5.74, 6) is -2.97. The van der Waals surface area contributed by atoms with Gasteiger partial charge in [0.1, 0.15) is 69.0 Å². The Balaban J connectivity index is 1.17. The predicted molar refractivity (Wildman–Crippen MR) is 444 cm³/mol. The first-order chi connectivity index (χ1) is 53.7. The van der Waals surface area contributed by atoms with Crippen LogP contribution >= 0.6 is 76.6 Å². The van der Waals surface area contributed by atoms with Crippen LogP contribution in [-0.2, 0) is 68.8 Å². The molecule has 0 spiro atoms. The number of hydrogen-bond acceptors (Lipinski definition) is 31. The number of aliphatic hydroxyl groups excluding tert-OH is 6. The van der Waals surface area contributed by atoms with Crippen molar-refractivity contribution >= 4 is 110 Å². The second-order valence-electron chi connectivity index (χ2n) is 36.7. The van der Waals surface area contributed by atoms with Crippen molar-refractivity contribution in [3.63, 3.8) is 0 Å². The SMILES string of the molecule is CO[C@H]1CN(c2nnc([C@H](O)CO)s2)CC[C@H]1NC(=O)c1nc(C(C)(C(C)(C)C)C(C)(C)C)c(Cl)n1COP(=O)(OCn1c(C(=O)N[C@@H]2CCN(c3nnc([C@H](O)CO)s3)C[C@@H]2OC)nc(C(C)(C(C)(C)C)C(C)(C)C)c1Cl)OCn1c(C(=O)N[C@@H]2CCN(c3nnc([C@H](O)CO)s3)C[C@@H]2OC)nc(C(C)(C(C)(C)C)C(C)(C)C)c1Cl. The summed E-state index contributed by atoms with van der Waals surface area (Å²) >= 11 is 26.6. The third-order valence-corrected chi connectivity index (χ3v) is 30.5. The number of aromatic nitrogens is 12. The molecule has 41 heteroatoms. The highest BCUT2D eigenvalue weighted by Gasteiger charge is 2.56. The lowest BCUT2D eigenvalue weighted by molar-refractivity contribution is 0.0452. The van der Waals surface area contributed by atoms with Crippen molar-refractivity contribution in [3.8, 4) is 0 Å². The molecule has 3 aliphatic heterocycles. The van der Waals surface area contributed by atoms with Crippen molar-refractivity contribution in [2.75, 3.05) is 95.1 Å². The molecule has 3 fully saturated rings. The van der Waals surface area contributed by atoms with Crippen molar-refractivity contribution in [2.24, 2.45) is 32.5 Å². The fraction of sp³-hybridized carbons (Fsp3) is 0.760. The number of nitrogens with one attached hydrogen (secondary N) is 3. The number of aliphatic hydroxyl groups is 6. The molecule has 6 aromatic rings. The Labute approximate surface area is 706 Å². The third-order valence-electron chi connectivity index (χ3n) is 24.8. The van der Waals surface area contributed by atoms with Gasteiger partial charge in [0.2, 0.25) is 32.9 Å². The number of phosphoric acid groups is 1. The lowest BCUT2D eigenvalue weighted by Crippen LogP contribution is -2.55. The minimum absolute atomic E-state index is 0.0679. The molecule has 0 aliphatic carbocycles. The van der Waals surface area contributed by atoms with Gasteiger partial charge in [0, 0.05) is 76.8 Å². The average Bonchev–Trinajstić information content (AvgIpc) is 1.47. The molecule has 3 saturated heterocycles. The number of rotatable bonds is 30. The Bertz CT molecular complexity index is 3980. The Morgan fingerprint density at radius 3 is 0.845 bits per heavy atom. The number of carbonyl (C=O) groups excluding carboxylic acids is 3. The monoisotopic (exact) mass is 1760 g/mol. The largest absolute Gasteiger partial charge is 0.480 e. The van der Waals surface area contributed by atoms with Crippen LogP contribution in [0.5, 0.6) is 0 Å². The summed E-state index contributed by atoms with van der Waals surface area (Å²) in [6.45, 7) is 40.2. The fourth-order valence-electron chi connectivity index (χ4n) is 16.0. The summed E-state index contributed by atoms with van der Waals surface area (Å²) in [7, 11) is -0.867. The van der Waals surface area contributed by atoms with Gasteiger partial charge < -0.3 is 75.5 Å². The maximum absolute atomic E-state index is 16.9. The summed E-state index contributed by atoms with van der Waals surface area (Å²) in [4.78, 5) is 67.8. The zero-order valence-electron chi connectivity index (χ0n) is 71.1. The first kappa shape index (κ1) is 94.6. The number of halogens is 3. The van der Waals surface area contributed by atoms with Crippen LogP contribution in [0.15, 0.2) is 0 Å². The molecule has 6 aromatic heterocycles. The number of imidazole rings is 3. The Morgan fingerprint density at radius 1 is 0.422 bits per heavy atom. The number of piperidine rings is 3. The van der Waals surface area contributed by atoms with E-state index in [-0.39, 0.29) is 67.6 Å². The molecule has 116 heavy (non-hydrogen) atoms. The predicted octanol–water partition coefficient (Wildman–Crippen LogP) is 10.4. The van der Waals surface area contributed by atoms with Crippen molar-refractivity contribution in [1.29, 1.82) is 0 Å². The standard InChI is InChI=1S/C75H120Cl3N18O16PS3/c1-67(2,3)73(19,68(4,5)6)49-52(76)94(55(82-49)58(103)79-40-25-28-91(31-46(40)107-22)64-88-85-61(114-64)43(100)34-97)37-110-113(106,111-38-95-53(77)50(74(20,69(7,8)9)70(10,11)12)83-56(95)59(104)80-41-26-29-92(32-47(41)108-23)65-89-86-62(115-65)44(101)35-98)112-39-96-54(78)51(75(21,71(13,14)15)72(16,17)18)84-57(96)60(105)81-42-27-30-93(33-48(42)109-24)66-90-87-63(116-66)45(102)36-99/h40-48,97-102H,25-39H2,1-24H3,(H,79,103)(H,80,104)(H,81,105)/t40-,41-,42-,43-,44-,45-,46+,47+,48+/m1/s1. The van der Waals surface area contributed by atoms with Gasteiger partial charge in [0.15, 0.2) is 0 Å². The zero-order valence-corrected chi connectivity index (χ0v) is 76.7. The van der Waals surface area contributed by atoms with Crippen LogP contribution in [0.25, 0.3) is 0 Å². The summed E-state index contributed by atoms with van der Waals surface area (Å²) in [6, 6.07) is -1.96. The van der Waals surface area contributed by atoms with Gasteiger partial charge in [-0.1, -0.05) is 214 Å². The van der Waals surface area contributed by atoms with Gasteiger partial charge in [-0.3, -0.25) is 41.7 Å². The number of carbonyl (C=O) groups is 3. The molecule has 9 atom stereocenters. The van der Waals surface area contributed by atoms with Crippen LogP contribution < -0.4 is 30.7 Å². The van der Waals surface area contributed by atoms with Gasteiger partial charge in [-0.25, -0.2) is 19.5 Å². The molecule has 34 nitrogen and oxygen atoms in total. The third kappa shape index (κ3) is 18.9. The lowest BCUT2D eigenvalue weighted by atomic mass is 9.54. The second-order valence-corrected chi connectivity index (χ2v) is 42.4. The molecular formula is C75H120Cl3N18O16PS3. The number of hydrogen-bond donors (Lipinski definition) is 9. The van der Waals surface area contributed by atoms with Crippen LogP contribution in [0.3, 0.4) is 0 Å². The van der Waals surface area contributed by atoms with Crippen molar-refractivity contribution in [2.45, 2.75) is 256 Å². The maximum Gasteiger partial charge on any atom is 0.480 e. The molecule has 3 amide bonds. The van der Waals surface area contributed by atoms with E-state index >= 15 is 18.9 Å². The van der Waals surface area contributed by atoms with Crippen LogP contribution in [0.2, 0.25) is 15.5 Å². The molecule has 9 rings (SSSR count). The number of ether oxygens (including phenoxy) is 3. The normalized spacial score (nSPS) is 20.4. The van der Waals surface area contributed by atoms with Crippen molar-refractivity contribution in [1.82, 2.24) is 75.2 Å². The Kier molecular flexibility index (Phi) is 29.4. The van der Waals surface area contributed by atoms with E-state index in [4.69, 9.17) is 77.5 Å². The van der Waals surface area contributed by atoms with E-state index in [1.54, 1.807) is 0 Å². The highest BCUT2D eigenvalue weighted by Crippen LogP contribution is 2.59. The summed E-state index contributed by atoms with van der Waals surface area (Å²) in [5.41, 5.74) is -5.61. The number of phosphoric ester groups is 1. The van der Waals surface area contributed by atoms with Crippen LogP contribution in [0.1, 0.15) is 247 Å². The van der Waals surface area contributed by atoms with E-state index in [1.807, 2.05) is 160 Å². The van der Waals surface area contributed by atoms with Crippen LogP contribution in [0, 0.1) is 32.5 Å². The molecule has 0 saturated carbocycles. The van der Waals surface area contributed by atoms with E-state index in [1.165, 1.54) is 35.0 Å². The van der Waals surface area contributed by atoms with E-state index in [2.05, 4.69) is 46.5 Å². The first-order valence-corrected chi connectivity index (χ1v) is 43.7. The molecular weight excluding hydrogens is 1640 g/mol. The highest BCUT2D eigenvalue weighted by molar-refractivity contribution is 7.48. The van der Waals surface area contributed by atoms with Gasteiger partial charge in [-0.15, -0.1) is 30.6 Å². The van der Waals surface area contributed by atoms with Gasteiger partial charge >= 0.3 is 7.82 Å². The van der Waals surface area contributed by atoms with E-state index in [0.717, 1.165) is 34.0 Å². The summed E-state index contributed by atoms with van der Waals surface area (Å²) < 4.78 is 58.8. The molecule has 0 unspecified atom stereocenters. The fourth-order valence-corrected chi connectivity index (χ4v) is 20.7. The average molecular weight is 1760 g/mol. The van der Waals surface area contributed by atoms with E-state index < -0.39 is 169 Å². The first-order valence-electron chi connectivity index (χ1n) is 38.7. The van der Waals surface area contributed by atoms with Crippen LogP contribution in [0.4, 0.5) is 15.4 Å². The minimum Gasteiger partial charge on any atom is -0.393 e.